The molecule has 1 aromatic carbocycles. The van der Waals surface area contributed by atoms with Crippen LogP contribution in [0.1, 0.15) is 19.4 Å². The van der Waals surface area contributed by atoms with Crippen LogP contribution >= 0.6 is 0 Å². The molecule has 0 amide bonds. The molecule has 0 fully saturated rings. The minimum absolute atomic E-state index is 0.0775. The highest BCUT2D eigenvalue weighted by molar-refractivity contribution is 7.94. The summed E-state index contributed by atoms with van der Waals surface area (Å²) >= 11 is 0. The van der Waals surface area contributed by atoms with Gasteiger partial charge in [0.1, 0.15) is 5.54 Å². The Kier molecular flexibility index (Phi) is 2.66. The molecule has 0 radical (unpaired) electrons. The van der Waals surface area contributed by atoms with Crippen molar-refractivity contribution in [1.29, 1.82) is 0 Å². The lowest BCUT2D eigenvalue weighted by Gasteiger charge is -2.18. The normalized spacial score (nSPS) is 18.8. The van der Waals surface area contributed by atoms with Gasteiger partial charge in [0.25, 0.3) is 0 Å². The third-order valence-corrected chi connectivity index (χ3v) is 3.62. The highest BCUT2D eigenvalue weighted by atomic mass is 32.2. The van der Waals surface area contributed by atoms with E-state index < -0.39 is 15.4 Å². The summed E-state index contributed by atoms with van der Waals surface area (Å²) in [6, 6.07) is 9.38. The maximum atomic E-state index is 11.7. The van der Waals surface area contributed by atoms with Gasteiger partial charge in [0.15, 0.2) is 14.9 Å². The second kappa shape index (κ2) is 3.77. The SMILES string of the molecule is CC1(C)N=NC(S(C)(=O)=O)=C1c1ccccc1. The lowest BCUT2D eigenvalue weighted by molar-refractivity contribution is 0.607. The minimum Gasteiger partial charge on any atom is -0.222 e. The Morgan fingerprint density at radius 1 is 1.12 bits per heavy atom. The van der Waals surface area contributed by atoms with Crippen molar-refractivity contribution in [2.45, 2.75) is 19.4 Å². The maximum Gasteiger partial charge on any atom is 0.194 e. The molecule has 17 heavy (non-hydrogen) atoms. The first-order chi connectivity index (χ1) is 7.82. The fourth-order valence-corrected chi connectivity index (χ4v) is 2.80. The van der Waals surface area contributed by atoms with Crippen molar-refractivity contribution >= 4 is 15.4 Å². The van der Waals surface area contributed by atoms with E-state index in [2.05, 4.69) is 10.2 Å². The molecular formula is C12H14N2O2S. The molecule has 1 aliphatic rings. The van der Waals surface area contributed by atoms with E-state index in [-0.39, 0.29) is 5.03 Å². The van der Waals surface area contributed by atoms with Crippen LogP contribution in [-0.2, 0) is 9.84 Å². The molecule has 1 aromatic rings. The first-order valence-electron chi connectivity index (χ1n) is 5.25. The van der Waals surface area contributed by atoms with Crippen LogP contribution in [0.5, 0.6) is 0 Å². The van der Waals surface area contributed by atoms with Gasteiger partial charge < -0.3 is 0 Å². The smallest absolute Gasteiger partial charge is 0.194 e. The number of rotatable bonds is 2. The molecule has 4 nitrogen and oxygen atoms in total. The van der Waals surface area contributed by atoms with Crippen molar-refractivity contribution in [3.05, 3.63) is 40.9 Å². The molecule has 0 bridgehead atoms. The molecule has 2 rings (SSSR count). The van der Waals surface area contributed by atoms with Crippen LogP contribution in [0.15, 0.2) is 45.6 Å². The quantitative estimate of drug-likeness (QED) is 0.810. The third-order valence-electron chi connectivity index (χ3n) is 2.63. The maximum absolute atomic E-state index is 11.7. The first-order valence-corrected chi connectivity index (χ1v) is 7.15. The number of sulfone groups is 1. The fraction of sp³-hybridized carbons (Fsp3) is 0.333. The predicted octanol–water partition coefficient (Wildman–Crippen LogP) is 2.64. The lowest BCUT2D eigenvalue weighted by Crippen LogP contribution is -2.17. The fourth-order valence-electron chi connectivity index (χ4n) is 1.87. The van der Waals surface area contributed by atoms with Crippen LogP contribution < -0.4 is 0 Å². The lowest BCUT2D eigenvalue weighted by atomic mass is 9.90. The molecule has 0 N–H and O–H groups in total. The van der Waals surface area contributed by atoms with Gasteiger partial charge in [-0.2, -0.15) is 5.11 Å². The van der Waals surface area contributed by atoms with Gasteiger partial charge in [-0.25, -0.2) is 8.42 Å². The Labute approximate surface area is 101 Å². The standard InChI is InChI=1S/C12H14N2O2S/c1-12(2)10(9-7-5-4-6-8-9)11(13-14-12)17(3,15)16/h4-8H,1-3H3. The van der Waals surface area contributed by atoms with Crippen molar-refractivity contribution in [2.24, 2.45) is 10.2 Å². The molecule has 1 aliphatic heterocycles. The van der Waals surface area contributed by atoms with Crippen LogP contribution in [0.2, 0.25) is 0 Å². The van der Waals surface area contributed by atoms with Crippen LogP contribution in [0.25, 0.3) is 5.57 Å². The summed E-state index contributed by atoms with van der Waals surface area (Å²) in [6.45, 7) is 3.72. The zero-order valence-corrected chi connectivity index (χ0v) is 10.8. The largest absolute Gasteiger partial charge is 0.222 e. The van der Waals surface area contributed by atoms with E-state index in [0.29, 0.717) is 5.57 Å². The monoisotopic (exact) mass is 250 g/mol. The van der Waals surface area contributed by atoms with Crippen molar-refractivity contribution in [2.75, 3.05) is 6.26 Å². The summed E-state index contributed by atoms with van der Waals surface area (Å²) in [4.78, 5) is 0. The molecule has 0 atom stereocenters. The summed E-state index contributed by atoms with van der Waals surface area (Å²) in [7, 11) is -3.35. The first kappa shape index (κ1) is 12.0. The molecule has 90 valence electrons. The van der Waals surface area contributed by atoms with E-state index in [9.17, 15) is 8.42 Å². The Hall–Kier alpha value is -1.49. The highest BCUT2D eigenvalue weighted by Gasteiger charge is 2.36. The summed E-state index contributed by atoms with van der Waals surface area (Å²) in [5, 5.41) is 7.96. The molecule has 0 aromatic heterocycles. The molecule has 5 heteroatoms. The number of hydrogen-bond acceptors (Lipinski definition) is 4. The summed E-state index contributed by atoms with van der Waals surface area (Å²) in [5.41, 5.74) is 0.920. The van der Waals surface area contributed by atoms with Crippen LogP contribution in [-0.4, -0.2) is 20.2 Å². The molecular weight excluding hydrogens is 236 g/mol. The molecule has 0 saturated carbocycles. The van der Waals surface area contributed by atoms with E-state index in [1.807, 2.05) is 44.2 Å². The Bertz CT molecular complexity index is 599. The molecule has 0 unspecified atom stereocenters. The molecule has 1 heterocycles. The van der Waals surface area contributed by atoms with Crippen molar-refractivity contribution < 1.29 is 8.42 Å². The van der Waals surface area contributed by atoms with Crippen LogP contribution in [0.3, 0.4) is 0 Å². The molecule has 0 saturated heterocycles. The number of hydrogen-bond donors (Lipinski definition) is 0. The third kappa shape index (κ3) is 2.15. The highest BCUT2D eigenvalue weighted by Crippen LogP contribution is 2.40. The number of benzene rings is 1. The number of azo groups is 1. The van der Waals surface area contributed by atoms with E-state index in [1.165, 1.54) is 0 Å². The molecule has 0 spiro atoms. The van der Waals surface area contributed by atoms with Gasteiger partial charge in [0, 0.05) is 11.8 Å². The topological polar surface area (TPSA) is 58.9 Å². The van der Waals surface area contributed by atoms with E-state index in [0.717, 1.165) is 11.8 Å². The van der Waals surface area contributed by atoms with Crippen LogP contribution in [0.4, 0.5) is 0 Å². The van der Waals surface area contributed by atoms with Crippen molar-refractivity contribution in [3.63, 3.8) is 0 Å². The zero-order chi connectivity index (χ0) is 12.7. The molecule has 0 aliphatic carbocycles. The van der Waals surface area contributed by atoms with Gasteiger partial charge in [-0.15, -0.1) is 5.11 Å². The van der Waals surface area contributed by atoms with Crippen molar-refractivity contribution in [1.82, 2.24) is 0 Å². The van der Waals surface area contributed by atoms with Crippen LogP contribution in [0, 0.1) is 0 Å². The van der Waals surface area contributed by atoms with E-state index in [4.69, 9.17) is 0 Å². The Morgan fingerprint density at radius 3 is 2.24 bits per heavy atom. The van der Waals surface area contributed by atoms with Gasteiger partial charge in [-0.3, -0.25) is 0 Å². The summed E-state index contributed by atoms with van der Waals surface area (Å²) in [6.07, 6.45) is 1.16. The van der Waals surface area contributed by atoms with Crippen molar-refractivity contribution in [3.8, 4) is 0 Å². The summed E-state index contributed by atoms with van der Waals surface area (Å²) < 4.78 is 23.4. The van der Waals surface area contributed by atoms with Gasteiger partial charge in [-0.1, -0.05) is 30.3 Å². The van der Waals surface area contributed by atoms with Gasteiger partial charge in [0.05, 0.1) is 0 Å². The van der Waals surface area contributed by atoms with Gasteiger partial charge in [-0.05, 0) is 19.4 Å². The average molecular weight is 250 g/mol. The second-order valence-corrected chi connectivity index (χ2v) is 6.51. The average Bonchev–Trinajstić information content (AvgIpc) is 2.55. The minimum atomic E-state index is -3.35. The van der Waals surface area contributed by atoms with E-state index in [1.54, 1.807) is 0 Å². The Morgan fingerprint density at radius 2 is 1.71 bits per heavy atom. The second-order valence-electron chi connectivity index (χ2n) is 4.58. The summed E-state index contributed by atoms with van der Waals surface area (Å²) in [5.74, 6) is 0. The number of nitrogens with zero attached hydrogens (tertiary/aromatic N) is 2. The van der Waals surface area contributed by atoms with Gasteiger partial charge >= 0.3 is 0 Å². The van der Waals surface area contributed by atoms with E-state index >= 15 is 0 Å². The Balaban J connectivity index is 2.71. The predicted molar refractivity (Wildman–Crippen MR) is 67.1 cm³/mol. The zero-order valence-electron chi connectivity index (χ0n) is 10.0. The van der Waals surface area contributed by atoms with Gasteiger partial charge in [0.2, 0.25) is 0 Å².